The van der Waals surface area contributed by atoms with Gasteiger partial charge in [-0.1, -0.05) is 0 Å². The summed E-state index contributed by atoms with van der Waals surface area (Å²) in [6, 6.07) is 4.84. The predicted molar refractivity (Wildman–Crippen MR) is 118 cm³/mol. The molecule has 172 valence electrons. The molecule has 5 aromatic rings. The van der Waals surface area contributed by atoms with E-state index in [4.69, 9.17) is 9.47 Å². The first-order chi connectivity index (χ1) is 16.6. The lowest BCUT2D eigenvalue weighted by atomic mass is 10.1. The van der Waals surface area contributed by atoms with Gasteiger partial charge >= 0.3 is 6.61 Å². The molecule has 6 rings (SSSR count). The molecule has 4 aromatic heterocycles. The molecule has 1 aliphatic heterocycles. The molecule has 0 unspecified atom stereocenters. The van der Waals surface area contributed by atoms with E-state index in [9.17, 15) is 13.6 Å². The van der Waals surface area contributed by atoms with Crippen molar-refractivity contribution < 1.29 is 23.0 Å². The van der Waals surface area contributed by atoms with Gasteiger partial charge in [0.2, 0.25) is 0 Å². The number of alkyl halides is 2. The van der Waals surface area contributed by atoms with Crippen molar-refractivity contribution in [2.45, 2.75) is 12.7 Å². The second-order valence-electron chi connectivity index (χ2n) is 7.55. The van der Waals surface area contributed by atoms with E-state index in [-0.39, 0.29) is 23.0 Å². The number of fused-ring (bicyclic) bond motifs is 2. The second-order valence-corrected chi connectivity index (χ2v) is 8.39. The van der Waals surface area contributed by atoms with Gasteiger partial charge in [0.25, 0.3) is 5.91 Å². The van der Waals surface area contributed by atoms with Crippen LogP contribution in [-0.2, 0) is 4.74 Å². The lowest BCUT2D eigenvalue weighted by molar-refractivity contribution is -0.0493. The van der Waals surface area contributed by atoms with Gasteiger partial charge in [0.15, 0.2) is 5.65 Å². The van der Waals surface area contributed by atoms with Crippen LogP contribution in [0.5, 0.6) is 5.75 Å². The van der Waals surface area contributed by atoms with E-state index in [0.717, 1.165) is 4.70 Å². The summed E-state index contributed by atoms with van der Waals surface area (Å²) in [5.41, 5.74) is 1.57. The summed E-state index contributed by atoms with van der Waals surface area (Å²) in [7, 11) is 0. The summed E-state index contributed by atoms with van der Waals surface area (Å²) < 4.78 is 44.5. The molecular formula is C21H15F2N7O3S. The van der Waals surface area contributed by atoms with Crippen LogP contribution in [0.4, 0.5) is 14.5 Å². The SMILES string of the molecule is O=C(Nc1cn(C2COC2)nc1-c1cc2sncc2cc1OC(F)F)c1cnn2cccnc12. The first kappa shape index (κ1) is 20.6. The van der Waals surface area contributed by atoms with E-state index in [2.05, 4.69) is 24.9 Å². The van der Waals surface area contributed by atoms with Crippen LogP contribution in [0.1, 0.15) is 16.4 Å². The number of aromatic nitrogens is 6. The van der Waals surface area contributed by atoms with Gasteiger partial charge in [0.1, 0.15) is 17.0 Å². The fourth-order valence-electron chi connectivity index (χ4n) is 3.70. The van der Waals surface area contributed by atoms with E-state index >= 15 is 0 Å². The second kappa shape index (κ2) is 8.11. The summed E-state index contributed by atoms with van der Waals surface area (Å²) in [6.07, 6.45) is 7.88. The Balaban J connectivity index is 1.45. The summed E-state index contributed by atoms with van der Waals surface area (Å²) in [6.45, 7) is -2.12. The van der Waals surface area contributed by atoms with Crippen molar-refractivity contribution in [1.82, 2.24) is 28.8 Å². The summed E-state index contributed by atoms with van der Waals surface area (Å²) in [5.74, 6) is -0.527. The molecule has 5 heterocycles. The molecule has 1 aliphatic rings. The fraction of sp³-hybridized carbons (Fsp3) is 0.190. The molecule has 10 nitrogen and oxygen atoms in total. The molecule has 0 saturated carbocycles. The Bertz CT molecular complexity index is 1530. The molecule has 0 bridgehead atoms. The van der Waals surface area contributed by atoms with Gasteiger partial charge in [-0.15, -0.1) is 0 Å². The largest absolute Gasteiger partial charge is 0.434 e. The number of amides is 1. The Labute approximate surface area is 193 Å². The van der Waals surface area contributed by atoms with Gasteiger partial charge < -0.3 is 14.8 Å². The quantitative estimate of drug-likeness (QED) is 0.393. The Morgan fingerprint density at radius 1 is 1.29 bits per heavy atom. The minimum atomic E-state index is -3.03. The smallest absolute Gasteiger partial charge is 0.387 e. The zero-order valence-corrected chi connectivity index (χ0v) is 18.1. The van der Waals surface area contributed by atoms with E-state index in [1.807, 2.05) is 0 Å². The number of anilines is 1. The number of carbonyl (C=O) groups excluding carboxylic acids is 1. The third-order valence-electron chi connectivity index (χ3n) is 5.42. The molecule has 13 heteroatoms. The number of nitrogens with zero attached hydrogens (tertiary/aromatic N) is 6. The number of rotatable bonds is 6. The van der Waals surface area contributed by atoms with Crippen LogP contribution >= 0.6 is 11.5 Å². The minimum Gasteiger partial charge on any atom is -0.434 e. The number of ether oxygens (including phenoxy) is 2. The average Bonchev–Trinajstić information content (AvgIpc) is 3.49. The van der Waals surface area contributed by atoms with Crippen molar-refractivity contribution in [2.24, 2.45) is 0 Å². The zero-order valence-electron chi connectivity index (χ0n) is 17.3. The molecular weight excluding hydrogens is 468 g/mol. The Morgan fingerprint density at radius 2 is 2.18 bits per heavy atom. The van der Waals surface area contributed by atoms with Crippen molar-refractivity contribution in [1.29, 1.82) is 0 Å². The van der Waals surface area contributed by atoms with Crippen LogP contribution in [0.15, 0.2) is 49.2 Å². The molecule has 0 spiro atoms. The molecule has 1 fully saturated rings. The highest BCUT2D eigenvalue weighted by Crippen LogP contribution is 2.40. The van der Waals surface area contributed by atoms with Crippen molar-refractivity contribution in [2.75, 3.05) is 18.5 Å². The van der Waals surface area contributed by atoms with Gasteiger partial charge in [0, 0.05) is 35.7 Å². The van der Waals surface area contributed by atoms with Gasteiger partial charge in [-0.25, -0.2) is 9.50 Å². The average molecular weight is 483 g/mol. The molecule has 1 amide bonds. The van der Waals surface area contributed by atoms with Crippen molar-refractivity contribution in [3.63, 3.8) is 0 Å². The molecule has 1 saturated heterocycles. The monoisotopic (exact) mass is 483 g/mol. The Hall–Kier alpha value is -3.97. The predicted octanol–water partition coefficient (Wildman–Crippen LogP) is 3.63. The maximum absolute atomic E-state index is 13.2. The fourth-order valence-corrected chi connectivity index (χ4v) is 4.36. The van der Waals surface area contributed by atoms with Crippen LogP contribution in [0.3, 0.4) is 0 Å². The summed E-state index contributed by atoms with van der Waals surface area (Å²) in [5, 5.41) is 12.2. The highest BCUT2D eigenvalue weighted by Gasteiger charge is 2.27. The maximum Gasteiger partial charge on any atom is 0.387 e. The zero-order chi connectivity index (χ0) is 23.2. The number of carbonyl (C=O) groups is 1. The van der Waals surface area contributed by atoms with E-state index in [1.54, 1.807) is 41.6 Å². The molecule has 1 N–H and O–H groups in total. The Kier molecular flexibility index (Phi) is 4.92. The number of nitrogens with one attached hydrogen (secondary N) is 1. The van der Waals surface area contributed by atoms with Crippen LogP contribution in [0, 0.1) is 0 Å². The Morgan fingerprint density at radius 3 is 2.97 bits per heavy atom. The molecule has 0 aliphatic carbocycles. The van der Waals surface area contributed by atoms with Crippen LogP contribution < -0.4 is 10.1 Å². The number of hydrogen-bond donors (Lipinski definition) is 1. The topological polar surface area (TPSA) is 108 Å². The summed E-state index contributed by atoms with van der Waals surface area (Å²) in [4.78, 5) is 17.4. The van der Waals surface area contributed by atoms with Crippen molar-refractivity contribution in [3.05, 3.63) is 54.7 Å². The number of hydrogen-bond acceptors (Lipinski definition) is 8. The standard InChI is InChI=1S/C21H15F2N7O3S/c22-21(23)33-16-4-11-6-26-34-17(11)5-13(16)18-15(8-30(28-18)12-9-32-10-12)27-20(31)14-7-25-29-3-1-2-24-19(14)29/h1-8,12,21H,9-10H2,(H,27,31). The van der Waals surface area contributed by atoms with E-state index in [0.29, 0.717) is 35.5 Å². The lowest BCUT2D eigenvalue weighted by Gasteiger charge is -2.25. The van der Waals surface area contributed by atoms with Crippen LogP contribution in [0.2, 0.25) is 0 Å². The third kappa shape index (κ3) is 3.54. The van der Waals surface area contributed by atoms with Crippen molar-refractivity contribution >= 4 is 38.9 Å². The van der Waals surface area contributed by atoms with Gasteiger partial charge in [-0.05, 0) is 29.7 Å². The molecule has 34 heavy (non-hydrogen) atoms. The molecule has 0 atom stereocenters. The number of halogens is 2. The highest BCUT2D eigenvalue weighted by atomic mass is 32.1. The van der Waals surface area contributed by atoms with Gasteiger partial charge in [0.05, 0.1) is 35.8 Å². The summed E-state index contributed by atoms with van der Waals surface area (Å²) >= 11 is 1.22. The third-order valence-corrected chi connectivity index (χ3v) is 6.19. The highest BCUT2D eigenvalue weighted by molar-refractivity contribution is 7.13. The number of benzene rings is 1. The van der Waals surface area contributed by atoms with Crippen molar-refractivity contribution in [3.8, 4) is 17.0 Å². The van der Waals surface area contributed by atoms with E-state index < -0.39 is 12.5 Å². The van der Waals surface area contributed by atoms with Gasteiger partial charge in [-0.3, -0.25) is 9.48 Å². The molecule has 0 radical (unpaired) electrons. The van der Waals surface area contributed by atoms with Crippen LogP contribution in [0.25, 0.3) is 27.0 Å². The lowest BCUT2D eigenvalue weighted by Crippen LogP contribution is -2.30. The van der Waals surface area contributed by atoms with E-state index in [1.165, 1.54) is 28.3 Å². The normalized spacial score (nSPS) is 14.1. The maximum atomic E-state index is 13.2. The van der Waals surface area contributed by atoms with Gasteiger partial charge in [-0.2, -0.15) is 23.4 Å². The first-order valence-corrected chi connectivity index (χ1v) is 10.9. The molecule has 1 aromatic carbocycles. The first-order valence-electron chi connectivity index (χ1n) is 10.2. The minimum absolute atomic E-state index is 0.0327. The van der Waals surface area contributed by atoms with Crippen LogP contribution in [-0.4, -0.2) is 54.5 Å².